The average Bonchev–Trinajstić information content (AvgIpc) is 3.28. The summed E-state index contributed by atoms with van der Waals surface area (Å²) in [6.45, 7) is 8.67. The molecule has 10 heteroatoms. The third kappa shape index (κ3) is 5.12. The maximum Gasteiger partial charge on any atom is 0.257 e. The van der Waals surface area contributed by atoms with Gasteiger partial charge in [-0.15, -0.1) is 0 Å². The van der Waals surface area contributed by atoms with Crippen molar-refractivity contribution in [3.8, 4) is 22.9 Å². The van der Waals surface area contributed by atoms with E-state index in [4.69, 9.17) is 14.2 Å². The molecule has 0 fully saturated rings. The Bertz CT molecular complexity index is 1320. The van der Waals surface area contributed by atoms with Gasteiger partial charge in [0.25, 0.3) is 5.91 Å². The summed E-state index contributed by atoms with van der Waals surface area (Å²) in [5.74, 6) is 0.771. The van der Waals surface area contributed by atoms with Crippen LogP contribution in [0.1, 0.15) is 48.0 Å². The second-order valence-electron chi connectivity index (χ2n) is 8.11. The average molecular weight is 500 g/mol. The number of rotatable bonds is 9. The summed E-state index contributed by atoms with van der Waals surface area (Å²) in [6, 6.07) is 10.8. The van der Waals surface area contributed by atoms with Crippen LogP contribution >= 0.6 is 0 Å². The molecule has 0 saturated carbocycles. The van der Waals surface area contributed by atoms with E-state index in [9.17, 15) is 13.2 Å². The number of aromatic nitrogens is 2. The minimum atomic E-state index is -3.31. The Morgan fingerprint density at radius 2 is 1.57 bits per heavy atom. The van der Waals surface area contributed by atoms with Gasteiger partial charge in [0.1, 0.15) is 5.82 Å². The molecule has 0 bridgehead atoms. The van der Waals surface area contributed by atoms with Crippen LogP contribution in [0.5, 0.6) is 17.2 Å². The van der Waals surface area contributed by atoms with Crippen molar-refractivity contribution in [1.29, 1.82) is 0 Å². The highest BCUT2D eigenvalue weighted by Crippen LogP contribution is 2.40. The number of ether oxygens (including phenoxy) is 3. The molecule has 2 aromatic carbocycles. The summed E-state index contributed by atoms with van der Waals surface area (Å²) in [7, 11) is -3.31. The lowest BCUT2D eigenvalue weighted by molar-refractivity contribution is 0.102. The van der Waals surface area contributed by atoms with E-state index in [1.165, 1.54) is 0 Å². The standard InChI is InChI=1S/C25H29N3O6S/c1-5-32-21-12-17(13-22(33-6-2)23(21)34-7-3)25(29)26-24-19-14-35(30,31)15-20(19)27-28(24)18-10-8-16(4)9-11-18/h8-13H,5-7,14-15H2,1-4H3,(H,26,29). The van der Waals surface area contributed by atoms with Crippen LogP contribution in [-0.2, 0) is 21.3 Å². The molecule has 4 rings (SSSR count). The van der Waals surface area contributed by atoms with Crippen LogP contribution in [0, 0.1) is 6.92 Å². The largest absolute Gasteiger partial charge is 0.490 e. The molecule has 9 nitrogen and oxygen atoms in total. The smallest absolute Gasteiger partial charge is 0.257 e. The molecule has 1 aliphatic heterocycles. The minimum Gasteiger partial charge on any atom is -0.490 e. The predicted molar refractivity (Wildman–Crippen MR) is 133 cm³/mol. The number of benzene rings is 2. The van der Waals surface area contributed by atoms with Crippen LogP contribution < -0.4 is 19.5 Å². The monoisotopic (exact) mass is 499 g/mol. The van der Waals surface area contributed by atoms with Crippen molar-refractivity contribution in [3.63, 3.8) is 0 Å². The fraction of sp³-hybridized carbons (Fsp3) is 0.360. The van der Waals surface area contributed by atoms with Crippen LogP contribution in [0.25, 0.3) is 5.69 Å². The predicted octanol–water partition coefficient (Wildman–Crippen LogP) is 4.06. The van der Waals surface area contributed by atoms with Crippen LogP contribution in [-0.4, -0.2) is 43.9 Å². The van der Waals surface area contributed by atoms with Crippen LogP contribution in [0.15, 0.2) is 36.4 Å². The first kappa shape index (κ1) is 24.6. The molecule has 0 atom stereocenters. The van der Waals surface area contributed by atoms with Crippen molar-refractivity contribution < 1.29 is 27.4 Å². The number of nitrogens with zero attached hydrogens (tertiary/aromatic N) is 2. The second-order valence-corrected chi connectivity index (χ2v) is 10.2. The first-order valence-corrected chi connectivity index (χ1v) is 13.3. The number of nitrogens with one attached hydrogen (secondary N) is 1. The third-order valence-electron chi connectivity index (χ3n) is 5.47. The summed E-state index contributed by atoms with van der Waals surface area (Å²) < 4.78 is 43.3. The van der Waals surface area contributed by atoms with E-state index in [-0.39, 0.29) is 17.1 Å². The molecule has 0 unspecified atom stereocenters. The molecule has 0 radical (unpaired) electrons. The fourth-order valence-electron chi connectivity index (χ4n) is 3.94. The molecule has 1 amide bonds. The Hall–Kier alpha value is -3.53. The highest BCUT2D eigenvalue weighted by molar-refractivity contribution is 7.90. The summed E-state index contributed by atoms with van der Waals surface area (Å²) in [5.41, 5.74) is 3.02. The van der Waals surface area contributed by atoms with Crippen LogP contribution in [0.2, 0.25) is 0 Å². The van der Waals surface area contributed by atoms with Crippen LogP contribution in [0.3, 0.4) is 0 Å². The van der Waals surface area contributed by atoms with Gasteiger partial charge in [-0.2, -0.15) is 5.10 Å². The van der Waals surface area contributed by atoms with Crippen molar-refractivity contribution in [2.24, 2.45) is 0 Å². The summed E-state index contributed by atoms with van der Waals surface area (Å²) in [5, 5.41) is 7.41. The van der Waals surface area contributed by atoms with E-state index in [0.717, 1.165) is 11.3 Å². The van der Waals surface area contributed by atoms with Gasteiger partial charge in [-0.25, -0.2) is 13.1 Å². The van der Waals surface area contributed by atoms with E-state index in [0.29, 0.717) is 54.1 Å². The molecule has 0 saturated heterocycles. The lowest BCUT2D eigenvalue weighted by atomic mass is 10.1. The number of sulfone groups is 1. The Morgan fingerprint density at radius 1 is 0.971 bits per heavy atom. The molecule has 35 heavy (non-hydrogen) atoms. The summed E-state index contributed by atoms with van der Waals surface area (Å²) in [4.78, 5) is 13.4. The maximum absolute atomic E-state index is 13.4. The van der Waals surface area contributed by atoms with Crippen molar-refractivity contribution >= 4 is 21.6 Å². The van der Waals surface area contributed by atoms with E-state index in [1.807, 2.05) is 52.0 Å². The highest BCUT2D eigenvalue weighted by atomic mass is 32.2. The van der Waals surface area contributed by atoms with Crippen molar-refractivity contribution in [1.82, 2.24) is 9.78 Å². The van der Waals surface area contributed by atoms with Gasteiger partial charge in [0.05, 0.1) is 42.7 Å². The van der Waals surface area contributed by atoms with E-state index in [1.54, 1.807) is 16.8 Å². The molecule has 3 aromatic rings. The highest BCUT2D eigenvalue weighted by Gasteiger charge is 2.33. The van der Waals surface area contributed by atoms with Gasteiger partial charge in [0, 0.05) is 11.1 Å². The summed E-state index contributed by atoms with van der Waals surface area (Å²) in [6.07, 6.45) is 0. The number of aryl methyl sites for hydroxylation is 1. The first-order chi connectivity index (χ1) is 16.8. The third-order valence-corrected chi connectivity index (χ3v) is 6.91. The molecule has 2 heterocycles. The van der Waals surface area contributed by atoms with Crippen LogP contribution in [0.4, 0.5) is 5.82 Å². The van der Waals surface area contributed by atoms with Crippen molar-refractivity contribution in [2.45, 2.75) is 39.2 Å². The normalized spacial score (nSPS) is 13.8. The molecule has 1 aliphatic rings. The number of fused-ring (bicyclic) bond motifs is 1. The van der Waals surface area contributed by atoms with E-state index < -0.39 is 15.7 Å². The van der Waals surface area contributed by atoms with E-state index >= 15 is 0 Å². The molecule has 0 spiro atoms. The van der Waals surface area contributed by atoms with Gasteiger partial charge >= 0.3 is 0 Å². The number of hydrogen-bond donors (Lipinski definition) is 1. The minimum absolute atomic E-state index is 0.157. The van der Waals surface area contributed by atoms with Gasteiger partial charge < -0.3 is 19.5 Å². The quantitative estimate of drug-likeness (QED) is 0.473. The van der Waals surface area contributed by atoms with Gasteiger partial charge in [-0.05, 0) is 52.0 Å². The topological polar surface area (TPSA) is 109 Å². The fourth-order valence-corrected chi connectivity index (χ4v) is 5.44. The van der Waals surface area contributed by atoms with Crippen molar-refractivity contribution in [3.05, 3.63) is 58.8 Å². The van der Waals surface area contributed by atoms with Gasteiger partial charge in [-0.3, -0.25) is 4.79 Å². The zero-order chi connectivity index (χ0) is 25.2. The second kappa shape index (κ2) is 9.99. The van der Waals surface area contributed by atoms with Gasteiger partial charge in [0.15, 0.2) is 21.3 Å². The first-order valence-electron chi connectivity index (χ1n) is 11.5. The number of carbonyl (C=O) groups is 1. The zero-order valence-electron chi connectivity index (χ0n) is 20.3. The van der Waals surface area contributed by atoms with E-state index in [2.05, 4.69) is 10.4 Å². The van der Waals surface area contributed by atoms with Crippen molar-refractivity contribution in [2.75, 3.05) is 25.1 Å². The number of carbonyl (C=O) groups excluding carboxylic acids is 1. The zero-order valence-corrected chi connectivity index (χ0v) is 21.1. The number of hydrogen-bond acceptors (Lipinski definition) is 7. The lowest BCUT2D eigenvalue weighted by Crippen LogP contribution is -2.17. The van der Waals surface area contributed by atoms with Gasteiger partial charge in [-0.1, -0.05) is 17.7 Å². The molecule has 0 aliphatic carbocycles. The molecular weight excluding hydrogens is 470 g/mol. The maximum atomic E-state index is 13.4. The molecule has 1 N–H and O–H groups in total. The Labute approximate surface area is 204 Å². The Kier molecular flexibility index (Phi) is 7.02. The molecule has 1 aromatic heterocycles. The summed E-state index contributed by atoms with van der Waals surface area (Å²) >= 11 is 0. The number of amides is 1. The molecule has 186 valence electrons. The lowest BCUT2D eigenvalue weighted by Gasteiger charge is -2.17. The SMILES string of the molecule is CCOc1cc(C(=O)Nc2c3c(nn2-c2ccc(C)cc2)CS(=O)(=O)C3)cc(OCC)c1OCC. The molecular formula is C25H29N3O6S. The van der Waals surface area contributed by atoms with Gasteiger partial charge in [0.2, 0.25) is 5.75 Å². The number of anilines is 1. The Balaban J connectivity index is 1.76. The Morgan fingerprint density at radius 3 is 2.14 bits per heavy atom.